The highest BCUT2D eigenvalue weighted by Crippen LogP contribution is 1.96. The zero-order valence-corrected chi connectivity index (χ0v) is 9.30. The molecule has 0 aromatic carbocycles. The third kappa shape index (κ3) is 5.70. The van der Waals surface area contributed by atoms with E-state index in [0.717, 1.165) is 6.54 Å². The summed E-state index contributed by atoms with van der Waals surface area (Å²) in [4.78, 5) is 23.9. The summed E-state index contributed by atoms with van der Waals surface area (Å²) in [6, 6.07) is 0. The van der Waals surface area contributed by atoms with Gasteiger partial charge in [-0.2, -0.15) is 0 Å². The van der Waals surface area contributed by atoms with Crippen LogP contribution in [0.4, 0.5) is 0 Å². The molecule has 0 saturated heterocycles. The molecule has 0 rings (SSSR count). The molecule has 0 fully saturated rings. The molecular formula is C10H20N2O2. The minimum atomic E-state index is 0.113. The Morgan fingerprint density at radius 1 is 1.29 bits per heavy atom. The maximum absolute atomic E-state index is 11.4. The average Bonchev–Trinajstić information content (AvgIpc) is 2.16. The van der Waals surface area contributed by atoms with Gasteiger partial charge in [-0.15, -0.1) is 0 Å². The summed E-state index contributed by atoms with van der Waals surface area (Å²) >= 11 is 0. The van der Waals surface area contributed by atoms with Crippen LogP contribution >= 0.6 is 0 Å². The van der Waals surface area contributed by atoms with Crippen molar-refractivity contribution in [3.05, 3.63) is 0 Å². The summed E-state index contributed by atoms with van der Waals surface area (Å²) in [6.45, 7) is 5.37. The zero-order chi connectivity index (χ0) is 11.0. The third-order valence-electron chi connectivity index (χ3n) is 2.02. The summed E-state index contributed by atoms with van der Waals surface area (Å²) in [5.74, 6) is 0.241. The van der Waals surface area contributed by atoms with E-state index >= 15 is 0 Å². The smallest absolute Gasteiger partial charge is 0.222 e. The molecule has 0 aromatic rings. The third-order valence-corrected chi connectivity index (χ3v) is 2.02. The van der Waals surface area contributed by atoms with Gasteiger partial charge in [-0.05, 0) is 14.0 Å². The fraction of sp³-hybridized carbons (Fsp3) is 0.800. The van der Waals surface area contributed by atoms with Crippen LogP contribution in [0.25, 0.3) is 0 Å². The second kappa shape index (κ2) is 7.50. The van der Waals surface area contributed by atoms with E-state index in [1.807, 2.05) is 14.0 Å². The van der Waals surface area contributed by atoms with Gasteiger partial charge in [0.2, 0.25) is 5.91 Å². The molecule has 0 atom stereocenters. The normalized spacial score (nSPS) is 9.93. The summed E-state index contributed by atoms with van der Waals surface area (Å²) < 4.78 is 0. The van der Waals surface area contributed by atoms with Crippen molar-refractivity contribution in [3.63, 3.8) is 0 Å². The Morgan fingerprint density at radius 2 is 1.93 bits per heavy atom. The molecule has 0 saturated carbocycles. The predicted octanol–water partition coefficient (Wildman–Crippen LogP) is 0.423. The lowest BCUT2D eigenvalue weighted by Crippen LogP contribution is -2.37. The lowest BCUT2D eigenvalue weighted by molar-refractivity contribution is -0.131. The summed E-state index contributed by atoms with van der Waals surface area (Å²) in [7, 11) is 1.85. The molecule has 82 valence electrons. The molecule has 4 heteroatoms. The van der Waals surface area contributed by atoms with Crippen molar-refractivity contribution in [2.24, 2.45) is 0 Å². The topological polar surface area (TPSA) is 49.4 Å². The molecule has 0 radical (unpaired) electrons. The van der Waals surface area contributed by atoms with Crippen molar-refractivity contribution in [3.8, 4) is 0 Å². The van der Waals surface area contributed by atoms with Crippen LogP contribution < -0.4 is 5.32 Å². The van der Waals surface area contributed by atoms with E-state index in [9.17, 15) is 9.59 Å². The van der Waals surface area contributed by atoms with Crippen molar-refractivity contribution >= 4 is 11.7 Å². The number of hydrogen-bond donors (Lipinski definition) is 1. The van der Waals surface area contributed by atoms with E-state index in [1.54, 1.807) is 11.8 Å². The molecule has 1 amide bonds. The number of carbonyl (C=O) groups excluding carboxylic acids is 2. The van der Waals surface area contributed by atoms with Crippen molar-refractivity contribution < 1.29 is 9.59 Å². The second-order valence-electron chi connectivity index (χ2n) is 3.29. The van der Waals surface area contributed by atoms with Crippen LogP contribution in [0.5, 0.6) is 0 Å². The van der Waals surface area contributed by atoms with E-state index < -0.39 is 0 Å². The highest BCUT2D eigenvalue weighted by molar-refractivity contribution is 5.78. The lowest BCUT2D eigenvalue weighted by atomic mass is 10.2. The first kappa shape index (κ1) is 13.1. The summed E-state index contributed by atoms with van der Waals surface area (Å²) in [6.07, 6.45) is 0.955. The Labute approximate surface area is 85.7 Å². The monoisotopic (exact) mass is 200 g/mol. The molecule has 0 aliphatic carbocycles. The number of carbonyl (C=O) groups is 2. The Kier molecular flexibility index (Phi) is 7.02. The Morgan fingerprint density at radius 3 is 2.36 bits per heavy atom. The van der Waals surface area contributed by atoms with Crippen molar-refractivity contribution in [1.29, 1.82) is 0 Å². The van der Waals surface area contributed by atoms with Gasteiger partial charge in [0.15, 0.2) is 0 Å². The molecule has 4 nitrogen and oxygen atoms in total. The first-order valence-electron chi connectivity index (χ1n) is 5.03. The van der Waals surface area contributed by atoms with Crippen molar-refractivity contribution in [1.82, 2.24) is 10.2 Å². The molecule has 0 aliphatic rings. The number of likely N-dealkylation sites (N-methyl/N-ethyl adjacent to an activating group) is 1. The molecule has 0 bridgehead atoms. The van der Waals surface area contributed by atoms with Crippen molar-refractivity contribution in [2.75, 3.05) is 26.7 Å². The second-order valence-corrected chi connectivity index (χ2v) is 3.29. The first-order valence-corrected chi connectivity index (χ1v) is 5.03. The Hall–Kier alpha value is -0.900. The number of amides is 1. The van der Waals surface area contributed by atoms with Crippen LogP contribution in [0.15, 0.2) is 0 Å². The fourth-order valence-corrected chi connectivity index (χ4v) is 1.12. The van der Waals surface area contributed by atoms with E-state index in [2.05, 4.69) is 5.32 Å². The maximum Gasteiger partial charge on any atom is 0.222 e. The first-order chi connectivity index (χ1) is 6.61. The van der Waals surface area contributed by atoms with Crippen LogP contribution in [-0.2, 0) is 9.59 Å². The molecule has 0 aliphatic heterocycles. The maximum atomic E-state index is 11.4. The SMILES string of the molecule is CCC(=O)N(CCNC)CCC(C)=O. The molecule has 0 spiro atoms. The van der Waals surface area contributed by atoms with Gasteiger partial charge < -0.3 is 10.2 Å². The Bertz CT molecular complexity index is 193. The number of Topliss-reactive ketones (excluding diaryl/α,β-unsaturated/α-hetero) is 1. The van der Waals surface area contributed by atoms with Gasteiger partial charge in [0.1, 0.15) is 5.78 Å². The van der Waals surface area contributed by atoms with Crippen LogP contribution in [-0.4, -0.2) is 43.3 Å². The molecule has 0 aromatic heterocycles. The lowest BCUT2D eigenvalue weighted by Gasteiger charge is -2.21. The molecule has 0 unspecified atom stereocenters. The summed E-state index contributed by atoms with van der Waals surface area (Å²) in [5.41, 5.74) is 0. The van der Waals surface area contributed by atoms with E-state index in [4.69, 9.17) is 0 Å². The number of ketones is 1. The molecule has 0 heterocycles. The van der Waals surface area contributed by atoms with Gasteiger partial charge in [0.25, 0.3) is 0 Å². The number of hydrogen-bond acceptors (Lipinski definition) is 3. The number of nitrogens with zero attached hydrogens (tertiary/aromatic N) is 1. The van der Waals surface area contributed by atoms with Crippen LogP contribution in [0.3, 0.4) is 0 Å². The number of rotatable bonds is 7. The van der Waals surface area contributed by atoms with Gasteiger partial charge in [-0.25, -0.2) is 0 Å². The van der Waals surface area contributed by atoms with Gasteiger partial charge >= 0.3 is 0 Å². The van der Waals surface area contributed by atoms with E-state index in [0.29, 0.717) is 25.9 Å². The van der Waals surface area contributed by atoms with Crippen LogP contribution in [0, 0.1) is 0 Å². The Balaban J connectivity index is 3.96. The minimum Gasteiger partial charge on any atom is -0.341 e. The van der Waals surface area contributed by atoms with Crippen molar-refractivity contribution in [2.45, 2.75) is 26.7 Å². The largest absolute Gasteiger partial charge is 0.341 e. The standard InChI is InChI=1S/C10H20N2O2/c1-4-10(14)12(8-6-11-3)7-5-9(2)13/h11H,4-8H2,1-3H3. The van der Waals surface area contributed by atoms with E-state index in [-0.39, 0.29) is 11.7 Å². The van der Waals surface area contributed by atoms with Gasteiger partial charge in [-0.1, -0.05) is 6.92 Å². The zero-order valence-electron chi connectivity index (χ0n) is 9.30. The molecule has 1 N–H and O–H groups in total. The highest BCUT2D eigenvalue weighted by atomic mass is 16.2. The van der Waals surface area contributed by atoms with Gasteiger partial charge in [0, 0.05) is 32.5 Å². The molecule has 14 heavy (non-hydrogen) atoms. The van der Waals surface area contributed by atoms with Gasteiger partial charge in [-0.3, -0.25) is 9.59 Å². The fourth-order valence-electron chi connectivity index (χ4n) is 1.12. The number of nitrogens with one attached hydrogen (secondary N) is 1. The van der Waals surface area contributed by atoms with Crippen LogP contribution in [0.2, 0.25) is 0 Å². The quantitative estimate of drug-likeness (QED) is 0.648. The van der Waals surface area contributed by atoms with Gasteiger partial charge in [0.05, 0.1) is 0 Å². The van der Waals surface area contributed by atoms with Crippen LogP contribution in [0.1, 0.15) is 26.7 Å². The van der Waals surface area contributed by atoms with E-state index in [1.165, 1.54) is 0 Å². The summed E-state index contributed by atoms with van der Waals surface area (Å²) in [5, 5.41) is 2.99. The minimum absolute atomic E-state index is 0.113. The highest BCUT2D eigenvalue weighted by Gasteiger charge is 2.10. The molecular weight excluding hydrogens is 180 g/mol. The average molecular weight is 200 g/mol. The predicted molar refractivity (Wildman–Crippen MR) is 56.1 cm³/mol.